The van der Waals surface area contributed by atoms with E-state index in [4.69, 9.17) is 49.0 Å². The smallest absolute Gasteiger partial charge is 0.347 e. The SMILES string of the molecule is CC[C@](C)(O)c1c(Cl)c(OC)c(C)c2c1Oc1c(Cl)c(O)c(Cl)c(C)c1C(=O)O2. The molecule has 0 spiro atoms. The van der Waals surface area contributed by atoms with Crippen molar-refractivity contribution in [1.29, 1.82) is 0 Å². The number of fused-ring (bicyclic) bond motifs is 2. The Balaban J connectivity index is 2.46. The maximum atomic E-state index is 12.9. The molecule has 156 valence electrons. The lowest BCUT2D eigenvalue weighted by molar-refractivity contribution is 0.0502. The zero-order valence-electron chi connectivity index (χ0n) is 16.4. The predicted molar refractivity (Wildman–Crippen MR) is 110 cm³/mol. The first-order chi connectivity index (χ1) is 13.5. The first-order valence-electron chi connectivity index (χ1n) is 8.71. The topological polar surface area (TPSA) is 85.2 Å². The second-order valence-corrected chi connectivity index (χ2v) is 8.06. The van der Waals surface area contributed by atoms with E-state index in [2.05, 4.69) is 0 Å². The minimum absolute atomic E-state index is 0.00951. The summed E-state index contributed by atoms with van der Waals surface area (Å²) in [5.41, 5.74) is -0.683. The summed E-state index contributed by atoms with van der Waals surface area (Å²) in [7, 11) is 1.41. The Labute approximate surface area is 182 Å². The average Bonchev–Trinajstić information content (AvgIpc) is 2.81. The van der Waals surface area contributed by atoms with Crippen LogP contribution in [0, 0.1) is 13.8 Å². The summed E-state index contributed by atoms with van der Waals surface area (Å²) in [6.07, 6.45) is 0.272. The minimum atomic E-state index is -1.45. The second-order valence-electron chi connectivity index (χ2n) is 6.93. The van der Waals surface area contributed by atoms with E-state index >= 15 is 0 Å². The lowest BCUT2D eigenvalue weighted by Gasteiger charge is -2.28. The summed E-state index contributed by atoms with van der Waals surface area (Å²) in [5, 5.41) is 21.0. The Hall–Kier alpha value is -1.86. The van der Waals surface area contributed by atoms with Crippen LogP contribution >= 0.6 is 34.8 Å². The van der Waals surface area contributed by atoms with Gasteiger partial charge in [0, 0.05) is 5.56 Å². The van der Waals surface area contributed by atoms with Gasteiger partial charge < -0.3 is 24.4 Å². The maximum absolute atomic E-state index is 12.9. The molecule has 0 radical (unpaired) electrons. The molecule has 2 N–H and O–H groups in total. The summed E-state index contributed by atoms with van der Waals surface area (Å²) in [4.78, 5) is 12.9. The Bertz CT molecular complexity index is 1050. The van der Waals surface area contributed by atoms with Gasteiger partial charge in [0.2, 0.25) is 0 Å². The number of carbonyl (C=O) groups excluding carboxylic acids is 1. The fourth-order valence-corrected chi connectivity index (χ4v) is 4.22. The number of aromatic hydroxyl groups is 1. The van der Waals surface area contributed by atoms with Gasteiger partial charge >= 0.3 is 5.97 Å². The molecule has 0 fully saturated rings. The third-order valence-electron chi connectivity index (χ3n) is 5.11. The molecule has 3 rings (SSSR count). The van der Waals surface area contributed by atoms with Crippen LogP contribution in [0.1, 0.15) is 47.3 Å². The highest BCUT2D eigenvalue weighted by Crippen LogP contribution is 2.56. The molecule has 0 aliphatic carbocycles. The lowest BCUT2D eigenvalue weighted by Crippen LogP contribution is -2.22. The lowest BCUT2D eigenvalue weighted by atomic mass is 9.90. The van der Waals surface area contributed by atoms with Crippen molar-refractivity contribution in [2.24, 2.45) is 0 Å². The van der Waals surface area contributed by atoms with Crippen molar-refractivity contribution >= 4 is 40.8 Å². The molecule has 2 aromatic carbocycles. The number of hydrogen-bond donors (Lipinski definition) is 2. The Kier molecular flexibility index (Phi) is 5.60. The van der Waals surface area contributed by atoms with Gasteiger partial charge in [-0.05, 0) is 32.8 Å². The molecule has 0 unspecified atom stereocenters. The van der Waals surface area contributed by atoms with Crippen molar-refractivity contribution in [2.75, 3.05) is 7.11 Å². The molecule has 0 bridgehead atoms. The van der Waals surface area contributed by atoms with Crippen LogP contribution in [0.25, 0.3) is 0 Å². The summed E-state index contributed by atoms with van der Waals surface area (Å²) in [6, 6.07) is 0. The van der Waals surface area contributed by atoms with Crippen LogP contribution in [0.3, 0.4) is 0 Å². The van der Waals surface area contributed by atoms with Crippen LogP contribution in [-0.4, -0.2) is 23.3 Å². The van der Waals surface area contributed by atoms with E-state index in [9.17, 15) is 15.0 Å². The first kappa shape index (κ1) is 21.8. The molecule has 0 aromatic heterocycles. The predicted octanol–water partition coefficient (Wildman–Crippen LogP) is 5.92. The molecule has 0 saturated heterocycles. The number of phenolic OH excluding ortho intramolecular Hbond substituents is 1. The van der Waals surface area contributed by atoms with Gasteiger partial charge in [-0.3, -0.25) is 0 Å². The van der Waals surface area contributed by atoms with E-state index in [1.807, 2.05) is 0 Å². The van der Waals surface area contributed by atoms with E-state index in [0.29, 0.717) is 5.56 Å². The summed E-state index contributed by atoms with van der Waals surface area (Å²) < 4.78 is 17.0. The number of hydrogen-bond acceptors (Lipinski definition) is 6. The van der Waals surface area contributed by atoms with Crippen LogP contribution in [0.15, 0.2) is 0 Å². The summed E-state index contributed by atoms with van der Waals surface area (Å²) in [5.74, 6) is -1.07. The van der Waals surface area contributed by atoms with Gasteiger partial charge in [-0.15, -0.1) is 0 Å². The molecule has 2 aromatic rings. The van der Waals surface area contributed by atoms with Crippen LogP contribution in [-0.2, 0) is 5.60 Å². The third kappa shape index (κ3) is 3.19. The number of halogens is 3. The number of aliphatic hydroxyl groups is 1. The molecule has 1 aliphatic heterocycles. The molecule has 6 nitrogen and oxygen atoms in total. The number of ether oxygens (including phenoxy) is 3. The highest BCUT2D eigenvalue weighted by Gasteiger charge is 2.39. The van der Waals surface area contributed by atoms with E-state index in [0.717, 1.165) is 0 Å². The van der Waals surface area contributed by atoms with E-state index in [-0.39, 0.29) is 61.2 Å². The van der Waals surface area contributed by atoms with Gasteiger partial charge in [-0.25, -0.2) is 4.79 Å². The zero-order chi connectivity index (χ0) is 21.8. The number of methoxy groups -OCH3 is 1. The fraction of sp³-hybridized carbons (Fsp3) is 0.350. The van der Waals surface area contributed by atoms with Crippen molar-refractivity contribution in [3.05, 3.63) is 37.3 Å². The van der Waals surface area contributed by atoms with Crippen LogP contribution in [0.5, 0.6) is 28.7 Å². The van der Waals surface area contributed by atoms with Crippen molar-refractivity contribution in [3.8, 4) is 28.7 Å². The molecule has 1 atom stereocenters. The second kappa shape index (κ2) is 7.43. The molecule has 1 aliphatic rings. The number of esters is 1. The molecule has 29 heavy (non-hydrogen) atoms. The number of benzene rings is 2. The van der Waals surface area contributed by atoms with Gasteiger partial charge in [-0.1, -0.05) is 41.7 Å². The minimum Gasteiger partial charge on any atom is -0.505 e. The number of rotatable bonds is 3. The Morgan fingerprint density at radius 3 is 2.17 bits per heavy atom. The van der Waals surface area contributed by atoms with Gasteiger partial charge in [0.1, 0.15) is 16.3 Å². The Morgan fingerprint density at radius 2 is 1.62 bits per heavy atom. The van der Waals surface area contributed by atoms with E-state index in [1.54, 1.807) is 20.8 Å². The van der Waals surface area contributed by atoms with Gasteiger partial charge in [0.15, 0.2) is 23.0 Å². The molecule has 9 heteroatoms. The molecular formula is C20H19Cl3O6. The van der Waals surface area contributed by atoms with Gasteiger partial charge in [-0.2, -0.15) is 0 Å². The molecular weight excluding hydrogens is 443 g/mol. The largest absolute Gasteiger partial charge is 0.505 e. The molecule has 0 amide bonds. The average molecular weight is 462 g/mol. The normalized spacial score (nSPS) is 14.9. The summed E-state index contributed by atoms with van der Waals surface area (Å²) in [6.45, 7) is 6.47. The molecule has 0 saturated carbocycles. The first-order valence-corrected chi connectivity index (χ1v) is 9.84. The van der Waals surface area contributed by atoms with E-state index in [1.165, 1.54) is 14.0 Å². The quantitative estimate of drug-likeness (QED) is 0.436. The summed E-state index contributed by atoms with van der Waals surface area (Å²) >= 11 is 18.9. The van der Waals surface area contributed by atoms with Crippen molar-refractivity contribution in [1.82, 2.24) is 0 Å². The van der Waals surface area contributed by atoms with Crippen LogP contribution < -0.4 is 14.2 Å². The monoisotopic (exact) mass is 460 g/mol. The van der Waals surface area contributed by atoms with Crippen molar-refractivity contribution in [2.45, 2.75) is 39.7 Å². The highest BCUT2D eigenvalue weighted by molar-refractivity contribution is 6.39. The van der Waals surface area contributed by atoms with Gasteiger partial charge in [0.25, 0.3) is 0 Å². The number of carbonyl (C=O) groups is 1. The third-order valence-corrected chi connectivity index (χ3v) is 6.29. The highest BCUT2D eigenvalue weighted by atomic mass is 35.5. The van der Waals surface area contributed by atoms with Crippen LogP contribution in [0.4, 0.5) is 0 Å². The van der Waals surface area contributed by atoms with Crippen molar-refractivity contribution < 1.29 is 29.2 Å². The zero-order valence-corrected chi connectivity index (χ0v) is 18.6. The maximum Gasteiger partial charge on any atom is 0.347 e. The number of phenols is 1. The Morgan fingerprint density at radius 1 is 1.00 bits per heavy atom. The van der Waals surface area contributed by atoms with Crippen molar-refractivity contribution in [3.63, 3.8) is 0 Å². The van der Waals surface area contributed by atoms with E-state index < -0.39 is 17.3 Å². The fourth-order valence-electron chi connectivity index (χ4n) is 3.24. The van der Waals surface area contributed by atoms with Crippen LogP contribution in [0.2, 0.25) is 15.1 Å². The standard InChI is InChI=1S/C20H19Cl3O6/c1-6-20(4,26)10-12(22)15(27-5)8(3)16-18(10)28-17-9(19(25)29-16)7(2)11(21)14(24)13(17)23/h24,26H,6H2,1-5H3/t20-/m0/s1. The van der Waals surface area contributed by atoms with Gasteiger partial charge in [0.05, 0.1) is 28.3 Å². The molecule has 1 heterocycles.